The number of carbonyl (C=O) groups is 2. The molecule has 0 aromatic heterocycles. The Morgan fingerprint density at radius 1 is 0.591 bits per heavy atom. The Morgan fingerprint density at radius 3 is 1.16 bits per heavy atom. The van der Waals surface area contributed by atoms with Crippen LogP contribution >= 0.6 is 0 Å². The minimum absolute atomic E-state index is 0. The largest absolute Gasteiger partial charge is 1.00 e. The molecule has 6 rings (SSSR count). The monoisotopic (exact) mass is 712 g/mol. The van der Waals surface area contributed by atoms with Gasteiger partial charge >= 0.3 is 11.9 Å². The summed E-state index contributed by atoms with van der Waals surface area (Å²) in [6, 6.07) is 0. The second kappa shape index (κ2) is 21.8. The van der Waals surface area contributed by atoms with Crippen molar-refractivity contribution >= 4 is 11.9 Å². The molecule has 0 amide bonds. The molecule has 6 aliphatic rings. The molecule has 2 atom stereocenters. The fourth-order valence-corrected chi connectivity index (χ4v) is 7.01. The van der Waals surface area contributed by atoms with Crippen LogP contribution in [0.1, 0.15) is 118 Å². The summed E-state index contributed by atoms with van der Waals surface area (Å²) in [7, 11) is 0. The summed E-state index contributed by atoms with van der Waals surface area (Å²) in [5.74, 6) is -0.314. The van der Waals surface area contributed by atoms with Crippen LogP contribution in [0.5, 0.6) is 0 Å². The van der Waals surface area contributed by atoms with Crippen LogP contribution in [0, 0.1) is 24.7 Å². The normalized spacial score (nSPS) is 22.0. The first-order valence-corrected chi connectivity index (χ1v) is 15.4. The minimum Gasteiger partial charge on any atom is -1.00 e. The SMILES string of the molecule is C=C(C)C(=O)O.C=C(C)C(=O)O.CC1C2=C(CCC[CH-]2)C2=C1CCCC2.CC1C2=C(CCC[CH-]2)C2=C1CCCC2.[Cl-].[Cl-].[Ti].[Ti]. The second-order valence-electron chi connectivity index (χ2n) is 12.1. The molecule has 0 saturated heterocycles. The van der Waals surface area contributed by atoms with E-state index < -0.39 is 11.9 Å². The molecule has 0 bridgehead atoms. The van der Waals surface area contributed by atoms with Crippen molar-refractivity contribution in [3.05, 3.63) is 81.7 Å². The molecular formula is C36H50Cl2O4Ti2-4. The maximum Gasteiger partial charge on any atom is 0.330 e. The van der Waals surface area contributed by atoms with E-state index in [1.165, 1.54) is 104 Å². The third-order valence-corrected chi connectivity index (χ3v) is 9.15. The van der Waals surface area contributed by atoms with E-state index in [0.717, 1.165) is 11.8 Å². The number of aliphatic carboxylic acids is 2. The summed E-state index contributed by atoms with van der Waals surface area (Å²) >= 11 is 0. The van der Waals surface area contributed by atoms with E-state index >= 15 is 0 Å². The van der Waals surface area contributed by atoms with Crippen LogP contribution in [0.4, 0.5) is 0 Å². The van der Waals surface area contributed by atoms with Crippen molar-refractivity contribution < 1.29 is 88.1 Å². The number of carboxylic acids is 2. The van der Waals surface area contributed by atoms with Crippen LogP contribution in [0.2, 0.25) is 0 Å². The van der Waals surface area contributed by atoms with Crippen molar-refractivity contribution in [1.82, 2.24) is 0 Å². The summed E-state index contributed by atoms with van der Waals surface area (Å²) in [4.78, 5) is 19.2. The summed E-state index contributed by atoms with van der Waals surface area (Å²) in [6.07, 6.45) is 24.5. The van der Waals surface area contributed by atoms with Crippen LogP contribution in [-0.4, -0.2) is 22.2 Å². The van der Waals surface area contributed by atoms with Gasteiger partial charge in [-0.25, -0.2) is 33.6 Å². The quantitative estimate of drug-likeness (QED) is 0.261. The molecule has 2 N–H and O–H groups in total. The van der Waals surface area contributed by atoms with Crippen molar-refractivity contribution in [3.8, 4) is 0 Å². The zero-order chi connectivity index (χ0) is 29.4. The van der Waals surface area contributed by atoms with Crippen molar-refractivity contribution in [2.45, 2.75) is 118 Å². The molecule has 0 saturated carbocycles. The average molecular weight is 713 g/mol. The first-order valence-electron chi connectivity index (χ1n) is 15.4. The molecule has 0 radical (unpaired) electrons. The Labute approximate surface area is 309 Å². The number of rotatable bonds is 2. The fraction of sp³-hybridized carbons (Fsp3) is 0.556. The van der Waals surface area contributed by atoms with Gasteiger partial charge in [0.25, 0.3) is 0 Å². The molecule has 4 nitrogen and oxygen atoms in total. The second-order valence-corrected chi connectivity index (χ2v) is 12.1. The van der Waals surface area contributed by atoms with E-state index in [4.69, 9.17) is 10.2 Å². The molecule has 2 unspecified atom stereocenters. The summed E-state index contributed by atoms with van der Waals surface area (Å²) in [5.41, 5.74) is 14.5. The molecule has 6 aliphatic carbocycles. The maximum atomic E-state index is 9.60. The number of hydrogen-bond donors (Lipinski definition) is 2. The molecule has 0 aromatic rings. The van der Waals surface area contributed by atoms with Gasteiger partial charge in [0.05, 0.1) is 0 Å². The molecule has 0 heterocycles. The van der Waals surface area contributed by atoms with Crippen molar-refractivity contribution in [1.29, 1.82) is 0 Å². The minimum atomic E-state index is -0.935. The summed E-state index contributed by atoms with van der Waals surface area (Å²) in [6.45, 7) is 14.0. The van der Waals surface area contributed by atoms with Crippen LogP contribution in [0.25, 0.3) is 0 Å². The van der Waals surface area contributed by atoms with Crippen LogP contribution in [0.3, 0.4) is 0 Å². The van der Waals surface area contributed by atoms with Gasteiger partial charge in [-0.1, -0.05) is 76.7 Å². The van der Waals surface area contributed by atoms with Gasteiger partial charge in [-0.05, 0) is 64.2 Å². The smallest absolute Gasteiger partial charge is 0.330 e. The van der Waals surface area contributed by atoms with E-state index in [9.17, 15) is 9.59 Å². The zero-order valence-electron chi connectivity index (χ0n) is 27.1. The zero-order valence-corrected chi connectivity index (χ0v) is 31.7. The Hall–Kier alpha value is -0.871. The van der Waals surface area contributed by atoms with E-state index in [2.05, 4.69) is 39.8 Å². The Bertz CT molecular complexity index is 985. The Kier molecular flexibility index (Phi) is 22.5. The fourth-order valence-electron chi connectivity index (χ4n) is 7.01. The molecule has 0 spiro atoms. The van der Waals surface area contributed by atoms with Crippen LogP contribution < -0.4 is 24.8 Å². The van der Waals surface area contributed by atoms with Crippen molar-refractivity contribution in [2.75, 3.05) is 0 Å². The number of halogens is 2. The topological polar surface area (TPSA) is 74.6 Å². The van der Waals surface area contributed by atoms with Gasteiger partial charge in [-0.15, -0.1) is 24.0 Å². The van der Waals surface area contributed by atoms with Gasteiger partial charge in [-0.2, -0.15) is 11.1 Å². The van der Waals surface area contributed by atoms with E-state index in [0.29, 0.717) is 0 Å². The van der Waals surface area contributed by atoms with Gasteiger partial charge in [-0.3, -0.25) is 0 Å². The van der Waals surface area contributed by atoms with Gasteiger partial charge in [0.1, 0.15) is 0 Å². The van der Waals surface area contributed by atoms with E-state index in [-0.39, 0.29) is 79.4 Å². The van der Waals surface area contributed by atoms with Crippen molar-refractivity contribution in [3.63, 3.8) is 0 Å². The Balaban J connectivity index is 0. The number of fused-ring (bicyclic) bond motifs is 2. The van der Waals surface area contributed by atoms with Gasteiger partial charge in [0, 0.05) is 54.6 Å². The standard InChI is InChI=1S/2C14H19.2C4H6O2.2ClH.2Ti/c2*1-10-11-6-2-4-8-13(11)14-9-5-3-7-12(10)14;2*1-3(2)4(5)6;;;;/h2*6,10H,2-5,7-9H2,1H3;2*1H2,2H3,(H,5,6);2*1H;;/q2*-1;;;;;;/p-2. The van der Waals surface area contributed by atoms with Gasteiger partial charge in [0.2, 0.25) is 0 Å². The third kappa shape index (κ3) is 11.7. The molecule has 44 heavy (non-hydrogen) atoms. The van der Waals surface area contributed by atoms with E-state index in [1.807, 2.05) is 0 Å². The average Bonchev–Trinajstić information content (AvgIpc) is 3.42. The maximum absolute atomic E-state index is 9.60. The number of allylic oxidation sites excluding steroid dienone is 8. The predicted molar refractivity (Wildman–Crippen MR) is 165 cm³/mol. The first kappa shape index (κ1) is 45.3. The molecule has 0 aliphatic heterocycles. The summed E-state index contributed by atoms with van der Waals surface area (Å²) < 4.78 is 0. The number of carboxylic acid groups (broad SMARTS) is 2. The van der Waals surface area contributed by atoms with Crippen molar-refractivity contribution in [2.24, 2.45) is 11.8 Å². The predicted octanol–water partition coefficient (Wildman–Crippen LogP) is 3.68. The van der Waals surface area contributed by atoms with Crippen LogP contribution in [0.15, 0.2) is 68.9 Å². The third-order valence-electron chi connectivity index (χ3n) is 9.15. The molecule has 8 heteroatoms. The molecule has 0 aromatic carbocycles. The van der Waals surface area contributed by atoms with Gasteiger partial charge in [0.15, 0.2) is 0 Å². The first-order chi connectivity index (χ1) is 19.0. The van der Waals surface area contributed by atoms with E-state index in [1.54, 1.807) is 44.6 Å². The molecule has 244 valence electrons. The molecular weight excluding hydrogens is 663 g/mol. The Morgan fingerprint density at radius 2 is 0.864 bits per heavy atom. The summed E-state index contributed by atoms with van der Waals surface area (Å²) in [5, 5.41) is 15.8. The molecule has 0 fully saturated rings. The van der Waals surface area contributed by atoms with Crippen LogP contribution in [-0.2, 0) is 53.0 Å². The van der Waals surface area contributed by atoms with Gasteiger partial charge < -0.3 is 35.0 Å². The number of hydrogen-bond acceptors (Lipinski definition) is 2.